The van der Waals surface area contributed by atoms with Gasteiger partial charge >= 0.3 is 0 Å². The molecule has 0 bridgehead atoms. The summed E-state index contributed by atoms with van der Waals surface area (Å²) in [5, 5.41) is 11.4. The Morgan fingerprint density at radius 2 is 1.54 bits per heavy atom. The fraction of sp³-hybridized carbons (Fsp3) is 0.405. The molecule has 1 aliphatic heterocycles. The lowest BCUT2D eigenvalue weighted by atomic mass is 9.80. The third-order valence-electron chi connectivity index (χ3n) is 9.06. The van der Waals surface area contributed by atoms with Crippen LogP contribution < -0.4 is 4.90 Å². The molecule has 1 N–H and O–H groups in total. The van der Waals surface area contributed by atoms with E-state index in [0.29, 0.717) is 5.76 Å². The largest absolute Gasteiger partial charge is 0.507 e. The van der Waals surface area contributed by atoms with Gasteiger partial charge in [-0.25, -0.2) is 0 Å². The van der Waals surface area contributed by atoms with Crippen molar-refractivity contribution < 1.29 is 5.11 Å². The number of hydrogen-bond donors (Lipinski definition) is 1. The second-order valence-corrected chi connectivity index (χ2v) is 12.4. The van der Waals surface area contributed by atoms with E-state index in [1.54, 1.807) is 0 Å². The maximum absolute atomic E-state index is 11.4. The van der Waals surface area contributed by atoms with Crippen LogP contribution in [-0.4, -0.2) is 11.7 Å². The number of benzene rings is 2. The molecule has 0 aromatic heterocycles. The number of hydrogen-bond acceptors (Lipinski definition) is 2. The van der Waals surface area contributed by atoms with E-state index in [1.807, 2.05) is 0 Å². The average molecular weight is 520 g/mol. The van der Waals surface area contributed by atoms with Crippen LogP contribution in [0.3, 0.4) is 0 Å². The second kappa shape index (κ2) is 10.7. The molecule has 2 nitrogen and oxygen atoms in total. The van der Waals surface area contributed by atoms with Gasteiger partial charge in [0.05, 0.1) is 0 Å². The Morgan fingerprint density at radius 1 is 0.821 bits per heavy atom. The van der Waals surface area contributed by atoms with Crippen LogP contribution in [-0.2, 0) is 10.8 Å². The van der Waals surface area contributed by atoms with E-state index in [0.717, 1.165) is 56.2 Å². The molecule has 1 heterocycles. The van der Waals surface area contributed by atoms with Crippen LogP contribution in [0.1, 0.15) is 96.8 Å². The number of nitrogens with zero attached hydrogens (tertiary/aromatic N) is 1. The molecule has 0 radical (unpaired) electrons. The molecule has 39 heavy (non-hydrogen) atoms. The summed E-state index contributed by atoms with van der Waals surface area (Å²) in [7, 11) is 0. The summed E-state index contributed by atoms with van der Waals surface area (Å²) >= 11 is 0. The molecule has 0 unspecified atom stereocenters. The van der Waals surface area contributed by atoms with Crippen molar-refractivity contribution in [3.8, 4) is 0 Å². The van der Waals surface area contributed by atoms with Crippen molar-refractivity contribution in [3.05, 3.63) is 118 Å². The van der Waals surface area contributed by atoms with Crippen LogP contribution in [0.25, 0.3) is 5.57 Å². The molecule has 0 atom stereocenters. The molecule has 0 saturated carbocycles. The van der Waals surface area contributed by atoms with Crippen molar-refractivity contribution in [2.24, 2.45) is 0 Å². The van der Waals surface area contributed by atoms with Gasteiger partial charge in [-0.15, -0.1) is 0 Å². The first kappa shape index (κ1) is 27.3. The van der Waals surface area contributed by atoms with Gasteiger partial charge < -0.3 is 10.0 Å². The second-order valence-electron chi connectivity index (χ2n) is 12.4. The standard InChI is InChI=1S/C37H45NO/c1-7-14-28-29-17-9-10-18-30(29)36(3,4)31(28)23-21-26-15-13-16-27(35(26)39)22-24-34-37(5,6)32-19-11-12-20-33(32)38(34)25-8-2/h9-12,17-24,39H,7-8,13-16,25H2,1-6H3/b23-21+,27-22+,34-24+. The number of aliphatic hydroxyl groups is 1. The van der Waals surface area contributed by atoms with E-state index in [-0.39, 0.29) is 10.8 Å². The minimum Gasteiger partial charge on any atom is -0.507 e. The van der Waals surface area contributed by atoms with Crippen LogP contribution in [0.4, 0.5) is 5.69 Å². The van der Waals surface area contributed by atoms with Gasteiger partial charge in [-0.05, 0) is 83.2 Å². The molecule has 0 amide bonds. The predicted molar refractivity (Wildman–Crippen MR) is 167 cm³/mol. The van der Waals surface area contributed by atoms with E-state index in [9.17, 15) is 5.11 Å². The normalized spacial score (nSPS) is 21.9. The number of fused-ring (bicyclic) bond motifs is 2. The third kappa shape index (κ3) is 4.73. The van der Waals surface area contributed by atoms with Crippen molar-refractivity contribution >= 4 is 11.3 Å². The van der Waals surface area contributed by atoms with Crippen molar-refractivity contribution in [3.63, 3.8) is 0 Å². The zero-order chi connectivity index (χ0) is 27.8. The number of rotatable bonds is 7. The Bertz CT molecular complexity index is 1410. The zero-order valence-electron chi connectivity index (χ0n) is 24.8. The van der Waals surface area contributed by atoms with Gasteiger partial charge in [-0.1, -0.05) is 109 Å². The van der Waals surface area contributed by atoms with Gasteiger partial charge in [0, 0.05) is 28.8 Å². The minimum absolute atomic E-state index is 0.0304. The maximum atomic E-state index is 11.4. The van der Waals surface area contributed by atoms with Crippen LogP contribution in [0.5, 0.6) is 0 Å². The SMILES string of the molecule is CCCC1=C(/C=C/C2=C(O)C(=C/C=C3/N(CCC)c4ccccc4C3(C)C)/CCC2)C(C)(C)c2ccccc21. The molecule has 0 saturated heterocycles. The number of para-hydroxylation sites is 1. The molecular formula is C37H45NO. The van der Waals surface area contributed by atoms with Crippen LogP contribution in [0, 0.1) is 0 Å². The van der Waals surface area contributed by atoms with E-state index in [4.69, 9.17) is 0 Å². The molecule has 204 valence electrons. The Balaban J connectivity index is 1.49. The minimum atomic E-state index is -0.0647. The molecular weight excluding hydrogens is 474 g/mol. The fourth-order valence-corrected chi connectivity index (χ4v) is 6.99. The molecule has 2 heteroatoms. The summed E-state index contributed by atoms with van der Waals surface area (Å²) in [6.07, 6.45) is 15.1. The lowest BCUT2D eigenvalue weighted by Gasteiger charge is -2.27. The van der Waals surface area contributed by atoms with Crippen LogP contribution in [0.15, 0.2) is 101 Å². The summed E-state index contributed by atoms with van der Waals surface area (Å²) in [6.45, 7) is 14.8. The first-order chi connectivity index (χ1) is 18.7. The van der Waals surface area contributed by atoms with Gasteiger partial charge in [0.25, 0.3) is 0 Å². The van der Waals surface area contributed by atoms with Crippen molar-refractivity contribution in [2.45, 2.75) is 90.9 Å². The number of aliphatic hydroxyl groups excluding tert-OH is 1. The summed E-state index contributed by atoms with van der Waals surface area (Å²) in [6, 6.07) is 17.7. The number of anilines is 1. The molecule has 2 aromatic carbocycles. The van der Waals surface area contributed by atoms with Gasteiger partial charge in [0.1, 0.15) is 5.76 Å². The molecule has 0 spiro atoms. The molecule has 2 aromatic rings. The van der Waals surface area contributed by atoms with Gasteiger partial charge in [0.2, 0.25) is 0 Å². The lowest BCUT2D eigenvalue weighted by molar-refractivity contribution is 0.401. The zero-order valence-corrected chi connectivity index (χ0v) is 24.8. The molecule has 2 aliphatic carbocycles. The highest BCUT2D eigenvalue weighted by Gasteiger charge is 2.39. The van der Waals surface area contributed by atoms with Gasteiger partial charge in [-0.3, -0.25) is 0 Å². The van der Waals surface area contributed by atoms with Gasteiger partial charge in [0.15, 0.2) is 0 Å². The Morgan fingerprint density at radius 3 is 2.28 bits per heavy atom. The van der Waals surface area contributed by atoms with Crippen LogP contribution >= 0.6 is 0 Å². The average Bonchev–Trinajstić information content (AvgIpc) is 3.27. The van der Waals surface area contributed by atoms with E-state index in [2.05, 4.69) is 119 Å². The first-order valence-corrected chi connectivity index (χ1v) is 14.9. The third-order valence-corrected chi connectivity index (χ3v) is 9.06. The smallest absolute Gasteiger partial charge is 0.121 e. The monoisotopic (exact) mass is 519 g/mol. The quantitative estimate of drug-likeness (QED) is 0.393. The number of allylic oxidation sites excluding steroid dienone is 9. The summed E-state index contributed by atoms with van der Waals surface area (Å²) in [5.41, 5.74) is 11.7. The van der Waals surface area contributed by atoms with Crippen molar-refractivity contribution in [2.75, 3.05) is 11.4 Å². The topological polar surface area (TPSA) is 23.5 Å². The highest BCUT2D eigenvalue weighted by molar-refractivity contribution is 5.82. The predicted octanol–water partition coefficient (Wildman–Crippen LogP) is 10.1. The summed E-state index contributed by atoms with van der Waals surface area (Å²) in [5.74, 6) is 0.468. The highest BCUT2D eigenvalue weighted by Crippen LogP contribution is 2.49. The van der Waals surface area contributed by atoms with E-state index in [1.165, 1.54) is 39.2 Å². The van der Waals surface area contributed by atoms with E-state index < -0.39 is 0 Å². The fourth-order valence-electron chi connectivity index (χ4n) is 6.99. The Kier molecular flexibility index (Phi) is 7.51. The maximum Gasteiger partial charge on any atom is 0.121 e. The summed E-state index contributed by atoms with van der Waals surface area (Å²) in [4.78, 5) is 2.47. The van der Waals surface area contributed by atoms with Crippen molar-refractivity contribution in [1.82, 2.24) is 0 Å². The van der Waals surface area contributed by atoms with Gasteiger partial charge in [-0.2, -0.15) is 0 Å². The van der Waals surface area contributed by atoms with Crippen molar-refractivity contribution in [1.29, 1.82) is 0 Å². The Hall–Kier alpha value is -3.26. The lowest BCUT2D eigenvalue weighted by Crippen LogP contribution is -2.26. The molecule has 0 fully saturated rings. The molecule has 5 rings (SSSR count). The summed E-state index contributed by atoms with van der Waals surface area (Å²) < 4.78 is 0. The Labute approximate surface area is 236 Å². The van der Waals surface area contributed by atoms with E-state index >= 15 is 0 Å². The molecule has 3 aliphatic rings. The van der Waals surface area contributed by atoms with Crippen LogP contribution in [0.2, 0.25) is 0 Å². The highest BCUT2D eigenvalue weighted by atomic mass is 16.3. The first-order valence-electron chi connectivity index (χ1n) is 14.9.